The van der Waals surface area contributed by atoms with Crippen LogP contribution >= 0.6 is 15.9 Å². The van der Waals surface area contributed by atoms with E-state index in [0.29, 0.717) is 11.3 Å². The number of pyridine rings is 1. The average molecular weight is 365 g/mol. The summed E-state index contributed by atoms with van der Waals surface area (Å²) in [5.41, 5.74) is 3.98. The number of H-pyrrole nitrogens is 1. The number of aromatic amines is 1. The van der Waals surface area contributed by atoms with Gasteiger partial charge in [0.25, 0.3) is 5.56 Å². The molecule has 1 N–H and O–H groups in total. The highest BCUT2D eigenvalue weighted by Gasteiger charge is 2.12. The molecule has 0 radical (unpaired) electrons. The number of aromatic nitrogens is 1. The van der Waals surface area contributed by atoms with Gasteiger partial charge in [0.2, 0.25) is 0 Å². The summed E-state index contributed by atoms with van der Waals surface area (Å²) in [4.78, 5) is 15.1. The summed E-state index contributed by atoms with van der Waals surface area (Å²) >= 11 is 3.40. The number of aryl methyl sites for hydroxylation is 1. The molecule has 23 heavy (non-hydrogen) atoms. The molecule has 0 amide bonds. The van der Waals surface area contributed by atoms with Crippen LogP contribution in [0, 0.1) is 18.3 Å². The zero-order valence-electron chi connectivity index (χ0n) is 12.4. The smallest absolute Gasteiger partial charge is 0.266 e. The molecule has 0 spiro atoms. The Morgan fingerprint density at radius 3 is 2.22 bits per heavy atom. The second kappa shape index (κ2) is 6.23. The molecule has 0 aliphatic carbocycles. The van der Waals surface area contributed by atoms with E-state index in [9.17, 15) is 10.1 Å². The summed E-state index contributed by atoms with van der Waals surface area (Å²) in [6.07, 6.45) is 0. The number of nitrogens with one attached hydrogen (secondary N) is 1. The van der Waals surface area contributed by atoms with Gasteiger partial charge in [0, 0.05) is 15.7 Å². The first-order chi connectivity index (χ1) is 11.1. The van der Waals surface area contributed by atoms with Crippen molar-refractivity contribution in [2.75, 3.05) is 0 Å². The first-order valence-electron chi connectivity index (χ1n) is 7.09. The van der Waals surface area contributed by atoms with Gasteiger partial charge in [-0.3, -0.25) is 4.79 Å². The lowest BCUT2D eigenvalue weighted by Crippen LogP contribution is -2.12. The van der Waals surface area contributed by atoms with Gasteiger partial charge in [0.1, 0.15) is 11.6 Å². The SMILES string of the molecule is Cc1ccc(-c2cc(-c3ccc(Br)cc3)[nH]c(=O)c2C#N)cc1. The third kappa shape index (κ3) is 3.10. The molecular formula is C19H13BrN2O. The molecule has 1 heterocycles. The number of hydrogen-bond acceptors (Lipinski definition) is 2. The fourth-order valence-corrected chi connectivity index (χ4v) is 2.68. The van der Waals surface area contributed by atoms with Gasteiger partial charge >= 0.3 is 0 Å². The number of nitrogens with zero attached hydrogens (tertiary/aromatic N) is 1. The van der Waals surface area contributed by atoms with E-state index in [-0.39, 0.29) is 11.1 Å². The van der Waals surface area contributed by atoms with Gasteiger partial charge in [0.05, 0.1) is 0 Å². The van der Waals surface area contributed by atoms with Crippen LogP contribution in [0.4, 0.5) is 0 Å². The van der Waals surface area contributed by atoms with Crippen LogP contribution < -0.4 is 5.56 Å². The zero-order valence-corrected chi connectivity index (χ0v) is 14.0. The Bertz CT molecular complexity index is 949. The molecule has 0 saturated carbocycles. The normalized spacial score (nSPS) is 10.3. The van der Waals surface area contributed by atoms with E-state index < -0.39 is 0 Å². The molecule has 4 heteroatoms. The van der Waals surface area contributed by atoms with Gasteiger partial charge in [-0.2, -0.15) is 5.26 Å². The predicted molar refractivity (Wildman–Crippen MR) is 95.1 cm³/mol. The molecule has 0 aliphatic heterocycles. The number of halogens is 1. The summed E-state index contributed by atoms with van der Waals surface area (Å²) in [5, 5.41) is 9.34. The Morgan fingerprint density at radius 1 is 1.00 bits per heavy atom. The monoisotopic (exact) mass is 364 g/mol. The van der Waals surface area contributed by atoms with Gasteiger partial charge in [-0.25, -0.2) is 0 Å². The summed E-state index contributed by atoms with van der Waals surface area (Å²) in [7, 11) is 0. The lowest BCUT2D eigenvalue weighted by Gasteiger charge is -2.08. The van der Waals surface area contributed by atoms with Crippen molar-refractivity contribution in [3.05, 3.63) is 80.6 Å². The van der Waals surface area contributed by atoms with Crippen LogP contribution in [0.1, 0.15) is 11.1 Å². The highest BCUT2D eigenvalue weighted by Crippen LogP contribution is 2.27. The lowest BCUT2D eigenvalue weighted by molar-refractivity contribution is 1.22. The summed E-state index contributed by atoms with van der Waals surface area (Å²) in [6.45, 7) is 2.00. The minimum Gasteiger partial charge on any atom is -0.321 e. The number of hydrogen-bond donors (Lipinski definition) is 1. The Hall–Kier alpha value is -2.64. The molecule has 2 aromatic carbocycles. The maximum absolute atomic E-state index is 12.3. The summed E-state index contributed by atoms with van der Waals surface area (Å²) in [6, 6.07) is 19.3. The van der Waals surface area contributed by atoms with Gasteiger partial charge < -0.3 is 4.98 Å². The van der Waals surface area contributed by atoms with E-state index in [1.807, 2.05) is 67.6 Å². The fraction of sp³-hybridized carbons (Fsp3) is 0.0526. The van der Waals surface area contributed by atoms with Crippen molar-refractivity contribution in [2.24, 2.45) is 0 Å². The second-order valence-corrected chi connectivity index (χ2v) is 6.20. The standard InChI is InChI=1S/C19H13BrN2O/c1-12-2-4-13(5-3-12)16-10-18(22-19(23)17(16)11-21)14-6-8-15(20)9-7-14/h2-10H,1H3,(H,22,23). The highest BCUT2D eigenvalue weighted by atomic mass is 79.9. The first kappa shape index (κ1) is 15.3. The van der Waals surface area contributed by atoms with E-state index in [2.05, 4.69) is 20.9 Å². The van der Waals surface area contributed by atoms with Gasteiger partial charge in [-0.05, 0) is 36.2 Å². The Morgan fingerprint density at radius 2 is 1.61 bits per heavy atom. The third-order valence-corrected chi connectivity index (χ3v) is 4.19. The molecule has 3 rings (SSSR count). The van der Waals surface area contributed by atoms with E-state index in [0.717, 1.165) is 21.2 Å². The molecule has 0 bridgehead atoms. The molecule has 1 aromatic heterocycles. The van der Waals surface area contributed by atoms with E-state index >= 15 is 0 Å². The van der Waals surface area contributed by atoms with Crippen molar-refractivity contribution >= 4 is 15.9 Å². The van der Waals surface area contributed by atoms with E-state index in [1.54, 1.807) is 0 Å². The minimum absolute atomic E-state index is 0.134. The molecule has 0 unspecified atom stereocenters. The molecule has 3 aromatic rings. The van der Waals surface area contributed by atoms with Crippen molar-refractivity contribution < 1.29 is 0 Å². The second-order valence-electron chi connectivity index (χ2n) is 5.29. The molecule has 112 valence electrons. The maximum Gasteiger partial charge on any atom is 0.266 e. The molecule has 3 nitrogen and oxygen atoms in total. The third-order valence-electron chi connectivity index (χ3n) is 3.66. The van der Waals surface area contributed by atoms with Crippen LogP contribution in [0.5, 0.6) is 0 Å². The van der Waals surface area contributed by atoms with Crippen LogP contribution in [0.15, 0.2) is 63.9 Å². The predicted octanol–water partition coefficient (Wildman–Crippen LogP) is 4.65. The van der Waals surface area contributed by atoms with Crippen molar-refractivity contribution in [3.8, 4) is 28.5 Å². The van der Waals surface area contributed by atoms with Crippen LogP contribution in [0.2, 0.25) is 0 Å². The van der Waals surface area contributed by atoms with Crippen molar-refractivity contribution in [1.82, 2.24) is 4.98 Å². The zero-order chi connectivity index (χ0) is 16.4. The van der Waals surface area contributed by atoms with Gasteiger partial charge in [0.15, 0.2) is 0 Å². The molecule has 0 saturated heterocycles. The Kier molecular flexibility index (Phi) is 4.14. The lowest BCUT2D eigenvalue weighted by atomic mass is 9.98. The van der Waals surface area contributed by atoms with Crippen LogP contribution in [0.25, 0.3) is 22.4 Å². The van der Waals surface area contributed by atoms with Crippen molar-refractivity contribution in [2.45, 2.75) is 6.92 Å². The van der Waals surface area contributed by atoms with Crippen LogP contribution in [-0.4, -0.2) is 4.98 Å². The number of benzene rings is 2. The minimum atomic E-state index is -0.372. The quantitative estimate of drug-likeness (QED) is 0.719. The van der Waals surface area contributed by atoms with Crippen LogP contribution in [-0.2, 0) is 0 Å². The summed E-state index contributed by atoms with van der Waals surface area (Å²) in [5.74, 6) is 0. The van der Waals surface area contributed by atoms with E-state index in [4.69, 9.17) is 0 Å². The van der Waals surface area contributed by atoms with Crippen LogP contribution in [0.3, 0.4) is 0 Å². The highest BCUT2D eigenvalue weighted by molar-refractivity contribution is 9.10. The number of rotatable bonds is 2. The van der Waals surface area contributed by atoms with Gasteiger partial charge in [-0.1, -0.05) is 57.9 Å². The maximum atomic E-state index is 12.3. The Balaban J connectivity index is 2.22. The molecule has 0 aliphatic rings. The number of nitriles is 1. The van der Waals surface area contributed by atoms with Crippen molar-refractivity contribution in [3.63, 3.8) is 0 Å². The average Bonchev–Trinajstić information content (AvgIpc) is 2.55. The van der Waals surface area contributed by atoms with E-state index in [1.165, 1.54) is 0 Å². The van der Waals surface area contributed by atoms with Crippen molar-refractivity contribution in [1.29, 1.82) is 5.26 Å². The summed E-state index contributed by atoms with van der Waals surface area (Å²) < 4.78 is 0.969. The molecule has 0 fully saturated rings. The van der Waals surface area contributed by atoms with Gasteiger partial charge in [-0.15, -0.1) is 0 Å². The fourth-order valence-electron chi connectivity index (χ4n) is 2.42. The largest absolute Gasteiger partial charge is 0.321 e. The topological polar surface area (TPSA) is 56.6 Å². The Labute approximate surface area is 142 Å². The molecule has 0 atom stereocenters. The first-order valence-corrected chi connectivity index (χ1v) is 7.88. The molecular weight excluding hydrogens is 352 g/mol.